The van der Waals surface area contributed by atoms with Crippen molar-refractivity contribution in [3.63, 3.8) is 0 Å². The Hall–Kier alpha value is -3.71. The van der Waals surface area contributed by atoms with Crippen molar-refractivity contribution >= 4 is 22.5 Å². The molecular formula is C28H21N. The van der Waals surface area contributed by atoms with Crippen LogP contribution in [0.5, 0.6) is 0 Å². The maximum absolute atomic E-state index is 5.08. The Labute approximate surface area is 171 Å². The first-order chi connectivity index (χ1) is 14.3. The van der Waals surface area contributed by atoms with Crippen LogP contribution in [0.4, 0.5) is 5.69 Å². The molecule has 4 aromatic rings. The van der Waals surface area contributed by atoms with E-state index in [-0.39, 0.29) is 0 Å². The van der Waals surface area contributed by atoms with E-state index in [1.807, 2.05) is 0 Å². The number of hydrogen-bond donors (Lipinski definition) is 0. The lowest BCUT2D eigenvalue weighted by atomic mass is 9.86. The maximum atomic E-state index is 5.08. The molecule has 1 aliphatic heterocycles. The molecule has 0 unspecified atom stereocenters. The molecule has 4 aromatic carbocycles. The monoisotopic (exact) mass is 371 g/mol. The lowest BCUT2D eigenvalue weighted by Gasteiger charge is -2.16. The van der Waals surface area contributed by atoms with Crippen molar-refractivity contribution in [2.24, 2.45) is 4.99 Å². The van der Waals surface area contributed by atoms with Crippen LogP contribution in [0.25, 0.3) is 11.1 Å². The molecule has 0 N–H and O–H groups in total. The predicted octanol–water partition coefficient (Wildman–Crippen LogP) is 7.09. The molecule has 1 heterocycles. The first kappa shape index (κ1) is 17.4. The second-order valence-electron chi connectivity index (χ2n) is 7.33. The zero-order valence-corrected chi connectivity index (χ0v) is 16.3. The third-order valence-corrected chi connectivity index (χ3v) is 5.31. The summed E-state index contributed by atoms with van der Waals surface area (Å²) in [6.45, 7) is 2.14. The molecular weight excluding hydrogens is 350 g/mol. The van der Waals surface area contributed by atoms with Crippen LogP contribution in [0.2, 0.25) is 0 Å². The highest BCUT2D eigenvalue weighted by Gasteiger charge is 2.26. The van der Waals surface area contributed by atoms with E-state index in [0.29, 0.717) is 0 Å². The zero-order valence-electron chi connectivity index (χ0n) is 16.3. The van der Waals surface area contributed by atoms with Crippen molar-refractivity contribution < 1.29 is 0 Å². The van der Waals surface area contributed by atoms with Gasteiger partial charge in [0.25, 0.3) is 0 Å². The average molecular weight is 371 g/mol. The number of rotatable bonds is 3. The first-order valence-electron chi connectivity index (χ1n) is 9.92. The minimum absolute atomic E-state index is 1.04. The van der Waals surface area contributed by atoms with Crippen LogP contribution in [0, 0.1) is 6.92 Å². The Morgan fingerprint density at radius 1 is 0.621 bits per heavy atom. The number of fused-ring (bicyclic) bond motifs is 1. The van der Waals surface area contributed by atoms with Crippen LogP contribution < -0.4 is 0 Å². The van der Waals surface area contributed by atoms with Gasteiger partial charge in [-0.1, -0.05) is 103 Å². The van der Waals surface area contributed by atoms with Gasteiger partial charge in [0.1, 0.15) is 0 Å². The number of nitrogens with zero attached hydrogens (tertiary/aromatic N) is 1. The van der Waals surface area contributed by atoms with Gasteiger partial charge in [-0.3, -0.25) is 0 Å². The van der Waals surface area contributed by atoms with Crippen LogP contribution in [0.1, 0.15) is 27.8 Å². The van der Waals surface area contributed by atoms with Gasteiger partial charge in [-0.2, -0.15) is 0 Å². The Balaban J connectivity index is 1.88. The molecule has 0 atom stereocenters. The molecule has 0 aliphatic carbocycles. The van der Waals surface area contributed by atoms with Crippen LogP contribution in [0.3, 0.4) is 0 Å². The predicted molar refractivity (Wildman–Crippen MR) is 123 cm³/mol. The fourth-order valence-electron chi connectivity index (χ4n) is 3.97. The van der Waals surface area contributed by atoms with Crippen molar-refractivity contribution in [2.45, 2.75) is 6.92 Å². The molecule has 0 fully saturated rings. The zero-order chi connectivity index (χ0) is 19.6. The van der Waals surface area contributed by atoms with Gasteiger partial charge in [0.05, 0.1) is 11.4 Å². The fourth-order valence-corrected chi connectivity index (χ4v) is 3.97. The summed E-state index contributed by atoms with van der Waals surface area (Å²) in [7, 11) is 0. The van der Waals surface area contributed by atoms with Crippen LogP contribution in [-0.2, 0) is 0 Å². The van der Waals surface area contributed by atoms with E-state index in [1.165, 1.54) is 33.4 Å². The Morgan fingerprint density at radius 3 is 1.76 bits per heavy atom. The fraction of sp³-hybridized carbons (Fsp3) is 0.0357. The van der Waals surface area contributed by atoms with Crippen LogP contribution in [-0.4, -0.2) is 5.71 Å². The minimum Gasteiger partial charge on any atom is -0.247 e. The van der Waals surface area contributed by atoms with Gasteiger partial charge < -0.3 is 0 Å². The van der Waals surface area contributed by atoms with E-state index >= 15 is 0 Å². The normalized spacial score (nSPS) is 12.4. The highest BCUT2D eigenvalue weighted by Crippen LogP contribution is 2.43. The summed E-state index contributed by atoms with van der Waals surface area (Å²) >= 11 is 0. The summed E-state index contributed by atoms with van der Waals surface area (Å²) in [5.41, 5.74) is 10.5. The van der Waals surface area contributed by atoms with E-state index in [9.17, 15) is 0 Å². The van der Waals surface area contributed by atoms with Crippen molar-refractivity contribution in [3.05, 3.63) is 137 Å². The number of benzene rings is 4. The molecule has 0 saturated carbocycles. The Morgan fingerprint density at radius 2 is 1.17 bits per heavy atom. The molecule has 29 heavy (non-hydrogen) atoms. The molecule has 5 rings (SSSR count). The quantitative estimate of drug-likeness (QED) is 0.364. The van der Waals surface area contributed by atoms with Gasteiger partial charge in [0.15, 0.2) is 0 Å². The van der Waals surface area contributed by atoms with Gasteiger partial charge in [-0.05, 0) is 35.8 Å². The molecule has 0 saturated heterocycles. The molecule has 0 aromatic heterocycles. The number of aryl methyl sites for hydroxylation is 1. The van der Waals surface area contributed by atoms with Crippen molar-refractivity contribution in [1.82, 2.24) is 0 Å². The third kappa shape index (κ3) is 3.21. The summed E-state index contributed by atoms with van der Waals surface area (Å²) in [6, 6.07) is 38.3. The van der Waals surface area contributed by atoms with E-state index in [4.69, 9.17) is 4.99 Å². The van der Waals surface area contributed by atoms with Gasteiger partial charge in [0.2, 0.25) is 0 Å². The summed E-state index contributed by atoms with van der Waals surface area (Å²) in [4.78, 5) is 5.08. The third-order valence-electron chi connectivity index (χ3n) is 5.31. The molecule has 0 bridgehead atoms. The molecule has 1 nitrogen and oxygen atoms in total. The minimum atomic E-state index is 1.04. The van der Waals surface area contributed by atoms with E-state index < -0.39 is 0 Å². The van der Waals surface area contributed by atoms with Crippen molar-refractivity contribution in [1.29, 1.82) is 0 Å². The molecule has 0 radical (unpaired) electrons. The van der Waals surface area contributed by atoms with Crippen LogP contribution in [0.15, 0.2) is 114 Å². The Kier molecular flexibility index (Phi) is 4.42. The summed E-state index contributed by atoms with van der Waals surface area (Å²) in [5.74, 6) is 0. The lowest BCUT2D eigenvalue weighted by molar-refractivity contribution is 1.43. The summed E-state index contributed by atoms with van der Waals surface area (Å²) < 4.78 is 0. The van der Waals surface area contributed by atoms with E-state index in [2.05, 4.69) is 116 Å². The number of hydrogen-bond acceptors (Lipinski definition) is 1. The standard InChI is InChI=1S/C28H21N/c1-20-17-18-25-24(19-20)27(28(29-25)23-15-9-4-10-16-23)26(21-11-5-2-6-12-21)22-13-7-3-8-14-22/h2-19H,1H3. The Bertz CT molecular complexity index is 1180. The van der Waals surface area contributed by atoms with E-state index in [1.54, 1.807) is 0 Å². The smallest absolute Gasteiger partial charge is 0.0795 e. The summed E-state index contributed by atoms with van der Waals surface area (Å²) in [5, 5.41) is 0. The van der Waals surface area contributed by atoms with Crippen molar-refractivity contribution in [2.75, 3.05) is 0 Å². The maximum Gasteiger partial charge on any atom is 0.0795 e. The average Bonchev–Trinajstić information content (AvgIpc) is 3.15. The van der Waals surface area contributed by atoms with E-state index in [0.717, 1.165) is 17.0 Å². The number of allylic oxidation sites excluding steroid dienone is 1. The highest BCUT2D eigenvalue weighted by molar-refractivity contribution is 6.41. The molecule has 1 aliphatic rings. The van der Waals surface area contributed by atoms with Gasteiger partial charge >= 0.3 is 0 Å². The molecule has 1 heteroatoms. The lowest BCUT2D eigenvalue weighted by Crippen LogP contribution is -2.04. The second-order valence-corrected chi connectivity index (χ2v) is 7.33. The molecule has 0 spiro atoms. The molecule has 0 amide bonds. The SMILES string of the molecule is Cc1ccc2c(c1)C(=C(c1ccccc1)c1ccccc1)C(c1ccccc1)=N2. The van der Waals surface area contributed by atoms with Gasteiger partial charge in [-0.15, -0.1) is 0 Å². The largest absolute Gasteiger partial charge is 0.247 e. The number of aliphatic imine (C=N–C) groups is 1. The highest BCUT2D eigenvalue weighted by atomic mass is 14.8. The summed E-state index contributed by atoms with van der Waals surface area (Å²) in [6.07, 6.45) is 0. The van der Waals surface area contributed by atoms with Gasteiger partial charge in [0, 0.05) is 16.7 Å². The topological polar surface area (TPSA) is 12.4 Å². The van der Waals surface area contributed by atoms with Crippen molar-refractivity contribution in [3.8, 4) is 0 Å². The second kappa shape index (κ2) is 7.37. The molecule has 138 valence electrons. The van der Waals surface area contributed by atoms with Crippen LogP contribution >= 0.6 is 0 Å². The first-order valence-corrected chi connectivity index (χ1v) is 9.92. The van der Waals surface area contributed by atoms with Gasteiger partial charge in [-0.25, -0.2) is 4.99 Å².